The fourth-order valence-electron chi connectivity index (χ4n) is 1.55. The van der Waals surface area contributed by atoms with Gasteiger partial charge in [0.15, 0.2) is 0 Å². The molecule has 4 nitrogen and oxygen atoms in total. The Morgan fingerprint density at radius 2 is 2.22 bits per heavy atom. The van der Waals surface area contributed by atoms with Crippen LogP contribution >= 0.6 is 27.5 Å². The van der Waals surface area contributed by atoms with Gasteiger partial charge >= 0.3 is 0 Å². The summed E-state index contributed by atoms with van der Waals surface area (Å²) in [7, 11) is 0. The highest BCUT2D eigenvalue weighted by molar-refractivity contribution is 9.10. The lowest BCUT2D eigenvalue weighted by Crippen LogP contribution is -2.23. The Hall–Kier alpha value is -1.33. The van der Waals surface area contributed by atoms with Crippen molar-refractivity contribution in [3.63, 3.8) is 0 Å². The van der Waals surface area contributed by atoms with E-state index in [0.717, 1.165) is 5.56 Å². The highest BCUT2D eigenvalue weighted by atomic mass is 79.9. The molecule has 0 unspecified atom stereocenters. The number of nitrogens with two attached hydrogens (primary N) is 1. The highest BCUT2D eigenvalue weighted by Gasteiger charge is 2.07. The summed E-state index contributed by atoms with van der Waals surface area (Å²) in [6.45, 7) is 2.14. The summed E-state index contributed by atoms with van der Waals surface area (Å²) in [5.74, 6) is 0. The molecule has 0 spiro atoms. The summed E-state index contributed by atoms with van der Waals surface area (Å²) in [6, 6.07) is 5.21. The molecule has 0 atom stereocenters. The molecule has 2 aromatic rings. The van der Waals surface area contributed by atoms with Crippen molar-refractivity contribution < 1.29 is 0 Å². The molecule has 0 fully saturated rings. The van der Waals surface area contributed by atoms with Crippen LogP contribution < -0.4 is 11.3 Å². The lowest BCUT2D eigenvalue weighted by atomic mass is 10.2. The quantitative estimate of drug-likeness (QED) is 0.862. The number of rotatable bonds is 2. The summed E-state index contributed by atoms with van der Waals surface area (Å²) in [5, 5.41) is 0.576. The van der Waals surface area contributed by atoms with Gasteiger partial charge in [0.1, 0.15) is 4.47 Å². The molecule has 0 aliphatic heterocycles. The Labute approximate surface area is 118 Å². The molecule has 18 heavy (non-hydrogen) atoms. The van der Waals surface area contributed by atoms with Gasteiger partial charge in [-0.05, 0) is 40.5 Å². The van der Waals surface area contributed by atoms with Crippen molar-refractivity contribution in [1.29, 1.82) is 0 Å². The van der Waals surface area contributed by atoms with Gasteiger partial charge in [-0.25, -0.2) is 4.98 Å². The molecule has 1 aromatic heterocycles. The van der Waals surface area contributed by atoms with Crippen LogP contribution in [0, 0.1) is 6.92 Å². The third kappa shape index (κ3) is 2.57. The maximum atomic E-state index is 12.0. The lowest BCUT2D eigenvalue weighted by molar-refractivity contribution is 0.726. The van der Waals surface area contributed by atoms with Gasteiger partial charge in [-0.3, -0.25) is 9.36 Å². The average Bonchev–Trinajstić information content (AvgIpc) is 2.33. The molecule has 1 heterocycles. The van der Waals surface area contributed by atoms with Crippen LogP contribution in [0.5, 0.6) is 0 Å². The Balaban J connectivity index is 2.41. The number of hydrogen-bond donors (Lipinski definition) is 1. The van der Waals surface area contributed by atoms with E-state index in [0.29, 0.717) is 27.4 Å². The molecule has 2 rings (SSSR count). The van der Waals surface area contributed by atoms with Crippen LogP contribution in [0.3, 0.4) is 0 Å². The fraction of sp³-hybridized carbons (Fsp3) is 0.167. The summed E-state index contributed by atoms with van der Waals surface area (Å²) in [6.07, 6.45) is 1.51. The van der Waals surface area contributed by atoms with E-state index < -0.39 is 0 Å². The van der Waals surface area contributed by atoms with Crippen molar-refractivity contribution in [2.24, 2.45) is 0 Å². The number of anilines is 1. The second-order valence-electron chi connectivity index (χ2n) is 3.92. The van der Waals surface area contributed by atoms with Gasteiger partial charge < -0.3 is 5.73 Å². The molecule has 0 aliphatic rings. The topological polar surface area (TPSA) is 60.9 Å². The zero-order valence-corrected chi connectivity index (χ0v) is 12.0. The minimum atomic E-state index is -0.128. The fourth-order valence-corrected chi connectivity index (χ4v) is 2.06. The molecule has 1 aromatic carbocycles. The molecule has 94 valence electrons. The molecule has 0 aliphatic carbocycles. The van der Waals surface area contributed by atoms with E-state index >= 15 is 0 Å². The van der Waals surface area contributed by atoms with Crippen LogP contribution in [-0.2, 0) is 6.54 Å². The Kier molecular flexibility index (Phi) is 3.73. The van der Waals surface area contributed by atoms with Crippen LogP contribution in [0.4, 0.5) is 5.69 Å². The third-order valence-electron chi connectivity index (χ3n) is 2.61. The molecule has 6 heteroatoms. The Morgan fingerprint density at radius 3 is 2.89 bits per heavy atom. The van der Waals surface area contributed by atoms with Gasteiger partial charge in [-0.1, -0.05) is 17.7 Å². The van der Waals surface area contributed by atoms with Crippen molar-refractivity contribution in [2.75, 3.05) is 5.73 Å². The molecule has 2 N–H and O–H groups in total. The van der Waals surface area contributed by atoms with E-state index in [2.05, 4.69) is 20.9 Å². The second-order valence-corrected chi connectivity index (χ2v) is 5.15. The molecule has 0 saturated carbocycles. The number of nitrogens with zero attached hydrogens (tertiary/aromatic N) is 2. The highest BCUT2D eigenvalue weighted by Crippen LogP contribution is 2.18. The van der Waals surface area contributed by atoms with Gasteiger partial charge in [-0.15, -0.1) is 0 Å². The normalized spacial score (nSPS) is 10.6. The predicted octanol–water partition coefficient (Wildman–Crippen LogP) is 2.60. The third-order valence-corrected chi connectivity index (χ3v) is 3.75. The maximum Gasteiger partial charge on any atom is 0.268 e. The smallest absolute Gasteiger partial charge is 0.268 e. The van der Waals surface area contributed by atoms with Gasteiger partial charge in [0, 0.05) is 10.7 Å². The molecule has 0 amide bonds. The zero-order valence-electron chi connectivity index (χ0n) is 9.65. The summed E-state index contributed by atoms with van der Waals surface area (Å²) in [5.41, 5.74) is 7.79. The van der Waals surface area contributed by atoms with E-state index in [1.54, 1.807) is 25.1 Å². The first kappa shape index (κ1) is 13.1. The molecule has 0 bridgehead atoms. The first-order valence-electron chi connectivity index (χ1n) is 5.24. The largest absolute Gasteiger partial charge is 0.398 e. The number of aryl methyl sites for hydroxylation is 1. The van der Waals surface area contributed by atoms with Crippen molar-refractivity contribution in [2.45, 2.75) is 13.5 Å². The van der Waals surface area contributed by atoms with Crippen molar-refractivity contribution in [1.82, 2.24) is 9.55 Å². The van der Waals surface area contributed by atoms with Crippen LogP contribution in [0.25, 0.3) is 0 Å². The minimum absolute atomic E-state index is 0.128. The van der Waals surface area contributed by atoms with Crippen molar-refractivity contribution >= 4 is 33.2 Å². The Morgan fingerprint density at radius 1 is 1.50 bits per heavy atom. The van der Waals surface area contributed by atoms with Crippen LogP contribution in [0.2, 0.25) is 5.02 Å². The first-order valence-corrected chi connectivity index (χ1v) is 6.41. The van der Waals surface area contributed by atoms with Crippen LogP contribution in [-0.4, -0.2) is 9.55 Å². The van der Waals surface area contributed by atoms with Gasteiger partial charge in [0.25, 0.3) is 5.56 Å². The van der Waals surface area contributed by atoms with Gasteiger partial charge in [-0.2, -0.15) is 0 Å². The SMILES string of the molecule is Cc1ncn(Cc2ccc(Cl)cc2N)c(=O)c1Br. The number of nitrogen functional groups attached to an aromatic ring is 1. The number of aromatic nitrogens is 2. The monoisotopic (exact) mass is 327 g/mol. The van der Waals surface area contributed by atoms with E-state index in [9.17, 15) is 4.79 Å². The maximum absolute atomic E-state index is 12.0. The van der Waals surface area contributed by atoms with Crippen LogP contribution in [0.1, 0.15) is 11.3 Å². The number of hydrogen-bond acceptors (Lipinski definition) is 3. The van der Waals surface area contributed by atoms with E-state index in [4.69, 9.17) is 17.3 Å². The van der Waals surface area contributed by atoms with Gasteiger partial charge in [0.05, 0.1) is 18.6 Å². The number of benzene rings is 1. The molecular formula is C12H11BrClN3O. The summed E-state index contributed by atoms with van der Waals surface area (Å²) >= 11 is 9.05. The molecule has 0 radical (unpaired) electrons. The van der Waals surface area contributed by atoms with E-state index in [1.165, 1.54) is 10.9 Å². The van der Waals surface area contributed by atoms with Crippen molar-refractivity contribution in [3.05, 3.63) is 55.6 Å². The average molecular weight is 329 g/mol. The minimum Gasteiger partial charge on any atom is -0.398 e. The standard InChI is InChI=1S/C12H11BrClN3O/c1-7-11(13)12(18)17(6-16-7)5-8-2-3-9(14)4-10(8)15/h2-4,6H,5,15H2,1H3. The van der Waals surface area contributed by atoms with E-state index in [1.807, 2.05) is 0 Å². The first-order chi connectivity index (χ1) is 8.49. The van der Waals surface area contributed by atoms with Gasteiger partial charge in [0.2, 0.25) is 0 Å². The lowest BCUT2D eigenvalue weighted by Gasteiger charge is -2.09. The van der Waals surface area contributed by atoms with Crippen LogP contribution in [0.15, 0.2) is 33.8 Å². The summed E-state index contributed by atoms with van der Waals surface area (Å²) in [4.78, 5) is 16.1. The second kappa shape index (κ2) is 5.12. The van der Waals surface area contributed by atoms with E-state index in [-0.39, 0.29) is 5.56 Å². The molecular weight excluding hydrogens is 318 g/mol. The zero-order chi connectivity index (χ0) is 13.3. The summed E-state index contributed by atoms with van der Waals surface area (Å²) < 4.78 is 1.97. The predicted molar refractivity (Wildman–Crippen MR) is 75.9 cm³/mol. The molecule has 0 saturated heterocycles. The number of halogens is 2. The van der Waals surface area contributed by atoms with Crippen molar-refractivity contribution in [3.8, 4) is 0 Å². The Bertz CT molecular complexity index is 654.